The van der Waals surface area contributed by atoms with Crippen LogP contribution in [0.1, 0.15) is 79.6 Å². The average molecular weight is 561 g/mol. The van der Waals surface area contributed by atoms with Gasteiger partial charge in [0.05, 0.1) is 18.8 Å². The van der Waals surface area contributed by atoms with E-state index >= 15 is 0 Å². The summed E-state index contributed by atoms with van der Waals surface area (Å²) in [4.78, 5) is 14.1. The normalized spacial score (nSPS) is 53.7. The summed E-state index contributed by atoms with van der Waals surface area (Å²) < 4.78 is 37.8. The van der Waals surface area contributed by atoms with E-state index in [0.29, 0.717) is 30.6 Å². The van der Waals surface area contributed by atoms with Gasteiger partial charge in [0.2, 0.25) is 0 Å². The molecule has 40 heavy (non-hydrogen) atoms. The highest BCUT2D eigenvalue weighted by molar-refractivity contribution is 5.78. The van der Waals surface area contributed by atoms with Crippen molar-refractivity contribution in [3.05, 3.63) is 23.8 Å². The Bertz CT molecular complexity index is 1040. The summed E-state index contributed by atoms with van der Waals surface area (Å²) in [5, 5.41) is 12.5. The third-order valence-corrected chi connectivity index (χ3v) is 10.7. The van der Waals surface area contributed by atoms with Crippen LogP contribution in [0.15, 0.2) is 23.8 Å². The van der Waals surface area contributed by atoms with Crippen LogP contribution < -0.4 is 0 Å². The summed E-state index contributed by atoms with van der Waals surface area (Å²) in [5.41, 5.74) is -1.77. The van der Waals surface area contributed by atoms with Gasteiger partial charge in [0, 0.05) is 26.4 Å². The summed E-state index contributed by atoms with van der Waals surface area (Å²) in [7, 11) is 1.61. The first-order valence-electron chi connectivity index (χ1n) is 15.5. The molecule has 1 N–H and O–H groups in total. The van der Waals surface area contributed by atoms with E-state index in [-0.39, 0.29) is 31.0 Å². The highest BCUT2D eigenvalue weighted by Crippen LogP contribution is 2.59. The Hall–Kier alpha value is -1.29. The lowest BCUT2D eigenvalue weighted by atomic mass is 9.67. The molecular formula is C32H48O8. The molecule has 0 aromatic rings. The van der Waals surface area contributed by atoms with Crippen LogP contribution >= 0.6 is 0 Å². The van der Waals surface area contributed by atoms with Gasteiger partial charge in [-0.2, -0.15) is 0 Å². The first-order valence-corrected chi connectivity index (χ1v) is 15.5. The summed E-state index contributed by atoms with van der Waals surface area (Å²) in [5.74, 6) is -0.803. The molecule has 0 aromatic carbocycles. The molecule has 5 aliphatic heterocycles. The van der Waals surface area contributed by atoms with Crippen LogP contribution in [0, 0.1) is 23.7 Å². The number of methoxy groups -OCH3 is 1. The van der Waals surface area contributed by atoms with Gasteiger partial charge in [-0.1, -0.05) is 39.0 Å². The zero-order chi connectivity index (χ0) is 28.4. The van der Waals surface area contributed by atoms with Crippen molar-refractivity contribution in [2.24, 2.45) is 23.7 Å². The van der Waals surface area contributed by atoms with E-state index in [1.165, 1.54) is 0 Å². The van der Waals surface area contributed by atoms with E-state index < -0.39 is 41.1 Å². The van der Waals surface area contributed by atoms with Crippen LogP contribution in [0.3, 0.4) is 0 Å². The van der Waals surface area contributed by atoms with Gasteiger partial charge in [-0.3, -0.25) is 4.79 Å². The second kappa shape index (κ2) is 10.5. The van der Waals surface area contributed by atoms with E-state index in [4.69, 9.17) is 28.4 Å². The number of carbonyl (C=O) groups is 1. The van der Waals surface area contributed by atoms with Crippen LogP contribution in [-0.2, 0) is 33.2 Å². The highest BCUT2D eigenvalue weighted by Gasteiger charge is 2.80. The molecule has 4 saturated heterocycles. The zero-order valence-corrected chi connectivity index (χ0v) is 25.0. The van der Waals surface area contributed by atoms with Crippen molar-refractivity contribution in [3.63, 3.8) is 0 Å². The fraction of sp³-hybridized carbons (Fsp3) is 0.844. The summed E-state index contributed by atoms with van der Waals surface area (Å²) >= 11 is 0. The lowest BCUT2D eigenvalue weighted by Crippen LogP contribution is -2.64. The molecule has 4 unspecified atom stereocenters. The fourth-order valence-electron chi connectivity index (χ4n) is 8.21. The van der Waals surface area contributed by atoms with Gasteiger partial charge in [-0.05, 0) is 62.9 Å². The monoisotopic (exact) mass is 560 g/mol. The number of rotatable bonds is 1. The van der Waals surface area contributed by atoms with E-state index in [2.05, 4.69) is 33.8 Å². The Balaban J connectivity index is 1.35. The highest BCUT2D eigenvalue weighted by atomic mass is 16.7. The minimum absolute atomic E-state index is 0.0528. The number of allylic oxidation sites excluding steroid dienone is 1. The van der Waals surface area contributed by atoms with Crippen molar-refractivity contribution in [1.29, 1.82) is 0 Å². The summed E-state index contributed by atoms with van der Waals surface area (Å²) in [6, 6.07) is 0. The molecule has 0 saturated carbocycles. The van der Waals surface area contributed by atoms with Crippen LogP contribution in [0.5, 0.6) is 0 Å². The lowest BCUT2D eigenvalue weighted by Gasteiger charge is -2.49. The Labute approximate surface area is 238 Å². The Kier molecular flexibility index (Phi) is 7.53. The van der Waals surface area contributed by atoms with Gasteiger partial charge in [-0.25, -0.2) is 0 Å². The maximum atomic E-state index is 14.1. The summed E-state index contributed by atoms with van der Waals surface area (Å²) in [6.45, 7) is 11.0. The standard InChI is InChI=1S/C32H48O8/c1-18-7-9-23-15-24(16-30(39-23)12-11-20(3)22(5)38-30)37-29(33)25-14-21(4)27(35-6)28-32(25,34)31(17-36-28)26(40-31)10-8-19(2)13-18/h8,10,14,18-20,22-28,34H,7,9,11-13,15-17H2,1-6H3/b10-8-/t18?,19-,20-,22+,23+,24-,25?,26?,27+,28+,30-,31?,32+/m0/s1. The minimum Gasteiger partial charge on any atom is -0.462 e. The quantitative estimate of drug-likeness (QED) is 0.285. The second-order valence-corrected chi connectivity index (χ2v) is 13.8. The zero-order valence-electron chi connectivity index (χ0n) is 25.0. The van der Waals surface area contributed by atoms with Gasteiger partial charge in [0.25, 0.3) is 0 Å². The molecule has 8 heteroatoms. The number of epoxide rings is 1. The van der Waals surface area contributed by atoms with E-state index in [0.717, 1.165) is 37.7 Å². The molecule has 5 heterocycles. The smallest absolute Gasteiger partial charge is 0.316 e. The molecular weight excluding hydrogens is 512 g/mol. The molecule has 6 rings (SSSR count). The first kappa shape index (κ1) is 28.8. The number of ether oxygens (including phenoxy) is 6. The minimum atomic E-state index is -1.61. The van der Waals surface area contributed by atoms with Crippen LogP contribution in [0.4, 0.5) is 0 Å². The van der Waals surface area contributed by atoms with Crippen molar-refractivity contribution < 1.29 is 38.3 Å². The second-order valence-electron chi connectivity index (χ2n) is 13.8. The molecule has 8 nitrogen and oxygen atoms in total. The average Bonchev–Trinajstić information content (AvgIpc) is 3.54. The van der Waals surface area contributed by atoms with Gasteiger partial charge >= 0.3 is 5.97 Å². The molecule has 0 amide bonds. The first-order chi connectivity index (χ1) is 19.0. The maximum absolute atomic E-state index is 14.1. The predicted octanol–water partition coefficient (Wildman–Crippen LogP) is 4.48. The van der Waals surface area contributed by atoms with E-state index in [9.17, 15) is 9.90 Å². The molecule has 4 fully saturated rings. The Morgan fingerprint density at radius 1 is 1.00 bits per heavy atom. The Morgan fingerprint density at radius 3 is 2.55 bits per heavy atom. The van der Waals surface area contributed by atoms with Gasteiger partial charge in [0.15, 0.2) is 11.4 Å². The van der Waals surface area contributed by atoms with Gasteiger partial charge in [-0.15, -0.1) is 0 Å². The van der Waals surface area contributed by atoms with Crippen molar-refractivity contribution in [2.45, 2.75) is 133 Å². The predicted molar refractivity (Wildman–Crippen MR) is 147 cm³/mol. The third kappa shape index (κ3) is 4.71. The van der Waals surface area contributed by atoms with Gasteiger partial charge < -0.3 is 33.5 Å². The number of hydrogen-bond acceptors (Lipinski definition) is 8. The van der Waals surface area contributed by atoms with Crippen LogP contribution in [-0.4, -0.2) is 78.4 Å². The van der Waals surface area contributed by atoms with Crippen LogP contribution in [0.2, 0.25) is 0 Å². The third-order valence-electron chi connectivity index (χ3n) is 10.7. The molecule has 0 aromatic heterocycles. The molecule has 0 radical (unpaired) electrons. The lowest BCUT2D eigenvalue weighted by molar-refractivity contribution is -0.333. The van der Waals surface area contributed by atoms with E-state index in [1.54, 1.807) is 7.11 Å². The molecule has 2 spiro atoms. The van der Waals surface area contributed by atoms with Gasteiger partial charge in [0.1, 0.15) is 35.9 Å². The SMILES string of the molecule is CO[C@@H]1C(C)=CC2C(=O)O[C@H]3C[C@@H](CCC(C)C[C@@H](C)/C=C\C4OC45CO[C@H]1[C@]25O)O[C@@]1(CC[C@H](C)[C@@H](C)O1)C3. The number of esters is 1. The number of aliphatic hydroxyl groups is 1. The largest absolute Gasteiger partial charge is 0.462 e. The van der Waals surface area contributed by atoms with Crippen LogP contribution in [0.25, 0.3) is 0 Å². The molecule has 224 valence electrons. The molecule has 1 aliphatic carbocycles. The molecule has 6 aliphatic rings. The van der Waals surface area contributed by atoms with E-state index in [1.807, 2.05) is 19.1 Å². The Morgan fingerprint density at radius 2 is 1.80 bits per heavy atom. The van der Waals surface area contributed by atoms with Crippen molar-refractivity contribution in [1.82, 2.24) is 0 Å². The fourth-order valence-corrected chi connectivity index (χ4v) is 8.21. The molecule has 2 bridgehead atoms. The topological polar surface area (TPSA) is 96.0 Å². The van der Waals surface area contributed by atoms with Crippen molar-refractivity contribution in [2.75, 3.05) is 13.7 Å². The number of carbonyl (C=O) groups excluding carboxylic acids is 1. The summed E-state index contributed by atoms with van der Waals surface area (Å²) in [6.07, 6.45) is 10.1. The van der Waals surface area contributed by atoms with Crippen molar-refractivity contribution >= 4 is 5.97 Å². The number of fused-ring (bicyclic) bond motifs is 2. The van der Waals surface area contributed by atoms with Crippen molar-refractivity contribution in [3.8, 4) is 0 Å². The maximum Gasteiger partial charge on any atom is 0.316 e. The molecule has 13 atom stereocenters. The number of hydrogen-bond donors (Lipinski definition) is 1.